The molecule has 0 aromatic rings. The van der Waals surface area contributed by atoms with Crippen molar-refractivity contribution in [3.05, 3.63) is 0 Å². The summed E-state index contributed by atoms with van der Waals surface area (Å²) in [7, 11) is 0. The Morgan fingerprint density at radius 2 is 2.15 bits per heavy atom. The average molecular weight is 302 g/mol. The Kier molecular flexibility index (Phi) is 5.68. The van der Waals surface area contributed by atoms with Crippen molar-refractivity contribution in [3.8, 4) is 0 Å². The van der Waals surface area contributed by atoms with Gasteiger partial charge in [-0.15, -0.1) is 0 Å². The van der Waals surface area contributed by atoms with Gasteiger partial charge in [0.25, 0.3) is 0 Å². The molecule has 1 atom stereocenters. The van der Waals surface area contributed by atoms with Crippen molar-refractivity contribution in [2.24, 2.45) is 5.41 Å². The summed E-state index contributed by atoms with van der Waals surface area (Å²) in [4.78, 5) is 23.4. The lowest BCUT2D eigenvalue weighted by Crippen LogP contribution is -2.48. The Labute approximate surface area is 123 Å². The van der Waals surface area contributed by atoms with Gasteiger partial charge in [-0.25, -0.2) is 0 Å². The summed E-state index contributed by atoms with van der Waals surface area (Å²) < 4.78 is 5.21. The van der Waals surface area contributed by atoms with E-state index in [1.807, 2.05) is 11.8 Å². The first kappa shape index (κ1) is 15.6. The molecule has 2 fully saturated rings. The molecule has 3 N–H and O–H groups in total. The van der Waals surface area contributed by atoms with Gasteiger partial charge in [-0.2, -0.15) is 11.8 Å². The van der Waals surface area contributed by atoms with Crippen LogP contribution in [0.3, 0.4) is 0 Å². The van der Waals surface area contributed by atoms with E-state index in [1.165, 1.54) is 0 Å². The highest BCUT2D eigenvalue weighted by molar-refractivity contribution is 7.99. The fourth-order valence-electron chi connectivity index (χ4n) is 2.54. The first-order valence-electron chi connectivity index (χ1n) is 7.01. The number of thioether (sulfide) groups is 1. The minimum absolute atomic E-state index is 0.0721. The maximum atomic E-state index is 11.9. The standard InChI is InChI=1S/C13H22N2O4S/c16-11(7-10-8-20-6-3-14-10)15-9-13(12(17)18)1-4-19-5-2-13/h10,14H,1-9H2,(H,15,16)(H,17,18). The molecule has 0 aromatic carbocycles. The van der Waals surface area contributed by atoms with Gasteiger partial charge in [0, 0.05) is 50.3 Å². The molecule has 2 rings (SSSR count). The number of nitrogens with one attached hydrogen (secondary N) is 2. The van der Waals surface area contributed by atoms with E-state index in [0.717, 1.165) is 18.1 Å². The molecule has 0 aliphatic carbocycles. The molecule has 0 saturated carbocycles. The van der Waals surface area contributed by atoms with Gasteiger partial charge in [0.2, 0.25) is 5.91 Å². The molecular weight excluding hydrogens is 280 g/mol. The van der Waals surface area contributed by atoms with E-state index >= 15 is 0 Å². The van der Waals surface area contributed by atoms with Gasteiger partial charge in [-0.1, -0.05) is 0 Å². The predicted molar refractivity (Wildman–Crippen MR) is 76.9 cm³/mol. The van der Waals surface area contributed by atoms with Crippen molar-refractivity contribution in [1.29, 1.82) is 0 Å². The van der Waals surface area contributed by atoms with Crippen molar-refractivity contribution < 1.29 is 19.4 Å². The SMILES string of the molecule is O=C(CC1CSCCN1)NCC1(C(=O)O)CCOCC1. The van der Waals surface area contributed by atoms with E-state index in [4.69, 9.17) is 4.74 Å². The van der Waals surface area contributed by atoms with Gasteiger partial charge in [-0.3, -0.25) is 9.59 Å². The number of carbonyl (C=O) groups is 2. The number of aliphatic carboxylic acids is 1. The van der Waals surface area contributed by atoms with E-state index in [1.54, 1.807) is 0 Å². The highest BCUT2D eigenvalue weighted by Gasteiger charge is 2.40. The second-order valence-electron chi connectivity index (χ2n) is 5.40. The zero-order valence-corrected chi connectivity index (χ0v) is 12.3. The topological polar surface area (TPSA) is 87.7 Å². The molecule has 7 heteroatoms. The van der Waals surface area contributed by atoms with E-state index in [0.29, 0.717) is 32.5 Å². The molecule has 2 aliphatic heterocycles. The van der Waals surface area contributed by atoms with Gasteiger partial charge in [0.1, 0.15) is 0 Å². The molecule has 0 bridgehead atoms. The molecule has 6 nitrogen and oxygen atoms in total. The number of carbonyl (C=O) groups excluding carboxylic acids is 1. The van der Waals surface area contributed by atoms with Crippen LogP contribution in [0.2, 0.25) is 0 Å². The molecule has 1 amide bonds. The lowest BCUT2D eigenvalue weighted by molar-refractivity contribution is -0.154. The summed E-state index contributed by atoms with van der Waals surface area (Å²) in [6.45, 7) is 2.02. The van der Waals surface area contributed by atoms with Crippen molar-refractivity contribution in [3.63, 3.8) is 0 Å². The Balaban J connectivity index is 1.79. The van der Waals surface area contributed by atoms with E-state index in [2.05, 4.69) is 10.6 Å². The smallest absolute Gasteiger partial charge is 0.311 e. The molecule has 0 radical (unpaired) electrons. The quantitative estimate of drug-likeness (QED) is 0.666. The molecule has 1 unspecified atom stereocenters. The number of ether oxygens (including phenoxy) is 1. The number of carboxylic acid groups (broad SMARTS) is 1. The van der Waals surface area contributed by atoms with Crippen molar-refractivity contribution in [1.82, 2.24) is 10.6 Å². The van der Waals surface area contributed by atoms with Crippen molar-refractivity contribution >= 4 is 23.6 Å². The monoisotopic (exact) mass is 302 g/mol. The van der Waals surface area contributed by atoms with Crippen molar-refractivity contribution in [2.75, 3.05) is 37.8 Å². The lowest BCUT2D eigenvalue weighted by Gasteiger charge is -2.33. The largest absolute Gasteiger partial charge is 0.481 e. The minimum Gasteiger partial charge on any atom is -0.481 e. The molecule has 0 aromatic heterocycles. The summed E-state index contributed by atoms with van der Waals surface area (Å²) in [6.07, 6.45) is 1.33. The third-order valence-corrected chi connectivity index (χ3v) is 5.09. The van der Waals surface area contributed by atoms with Crippen LogP contribution in [0.25, 0.3) is 0 Å². The highest BCUT2D eigenvalue weighted by Crippen LogP contribution is 2.30. The second kappa shape index (κ2) is 7.28. The molecule has 114 valence electrons. The number of hydrogen-bond acceptors (Lipinski definition) is 5. The predicted octanol–water partition coefficient (Wildman–Crippen LogP) is 0.0791. The summed E-state index contributed by atoms with van der Waals surface area (Å²) in [6, 6.07) is 0.198. The third kappa shape index (κ3) is 4.10. The number of amides is 1. The van der Waals surface area contributed by atoms with Gasteiger partial charge in [0.05, 0.1) is 5.41 Å². The van der Waals surface area contributed by atoms with Gasteiger partial charge in [-0.05, 0) is 12.8 Å². The molecular formula is C13H22N2O4S. The fourth-order valence-corrected chi connectivity index (χ4v) is 3.49. The maximum Gasteiger partial charge on any atom is 0.311 e. The van der Waals surface area contributed by atoms with Crippen LogP contribution in [0.15, 0.2) is 0 Å². The maximum absolute atomic E-state index is 11.9. The second-order valence-corrected chi connectivity index (χ2v) is 6.55. The minimum atomic E-state index is -0.858. The summed E-state index contributed by atoms with van der Waals surface area (Å²) in [5.41, 5.74) is -0.858. The Bertz CT molecular complexity index is 352. The highest BCUT2D eigenvalue weighted by atomic mass is 32.2. The molecule has 2 heterocycles. The van der Waals surface area contributed by atoms with Crippen LogP contribution >= 0.6 is 11.8 Å². The van der Waals surface area contributed by atoms with Crippen LogP contribution in [0, 0.1) is 5.41 Å². The van der Waals surface area contributed by atoms with Crippen LogP contribution in [0.1, 0.15) is 19.3 Å². The van der Waals surface area contributed by atoms with Crippen LogP contribution < -0.4 is 10.6 Å². The Morgan fingerprint density at radius 3 is 2.75 bits per heavy atom. The Morgan fingerprint density at radius 1 is 1.40 bits per heavy atom. The number of carboxylic acids is 1. The first-order valence-corrected chi connectivity index (χ1v) is 8.17. The van der Waals surface area contributed by atoms with Crippen LogP contribution in [0.5, 0.6) is 0 Å². The zero-order chi connectivity index (χ0) is 14.4. The molecule has 20 heavy (non-hydrogen) atoms. The fraction of sp³-hybridized carbons (Fsp3) is 0.846. The number of rotatable bonds is 5. The normalized spacial score (nSPS) is 25.9. The molecule has 0 spiro atoms. The lowest BCUT2D eigenvalue weighted by atomic mass is 9.80. The Hall–Kier alpha value is -0.790. The average Bonchev–Trinajstić information content (AvgIpc) is 2.47. The third-order valence-electron chi connectivity index (χ3n) is 3.96. The molecule has 2 aliphatic rings. The summed E-state index contributed by atoms with van der Waals surface area (Å²) >= 11 is 1.84. The zero-order valence-electron chi connectivity index (χ0n) is 11.5. The van der Waals surface area contributed by atoms with Crippen LogP contribution in [-0.2, 0) is 14.3 Å². The van der Waals surface area contributed by atoms with Gasteiger partial charge < -0.3 is 20.5 Å². The van der Waals surface area contributed by atoms with Crippen molar-refractivity contribution in [2.45, 2.75) is 25.3 Å². The van der Waals surface area contributed by atoms with E-state index < -0.39 is 11.4 Å². The van der Waals surface area contributed by atoms with Gasteiger partial charge >= 0.3 is 5.97 Å². The first-order chi connectivity index (χ1) is 9.62. The van der Waals surface area contributed by atoms with Crippen LogP contribution in [0.4, 0.5) is 0 Å². The summed E-state index contributed by atoms with van der Waals surface area (Å²) in [5.74, 6) is 1.11. The van der Waals surface area contributed by atoms with Gasteiger partial charge in [0.15, 0.2) is 0 Å². The van der Waals surface area contributed by atoms with E-state index in [9.17, 15) is 14.7 Å². The van der Waals surface area contributed by atoms with Crippen LogP contribution in [-0.4, -0.2) is 60.8 Å². The summed E-state index contributed by atoms with van der Waals surface area (Å²) in [5, 5.41) is 15.5. The molecule has 2 saturated heterocycles. The van der Waals surface area contributed by atoms with E-state index in [-0.39, 0.29) is 18.5 Å². The number of hydrogen-bond donors (Lipinski definition) is 3.